The van der Waals surface area contributed by atoms with Gasteiger partial charge in [-0.2, -0.15) is 0 Å². The third-order valence-electron chi connectivity index (χ3n) is 13.9. The average Bonchev–Trinajstić information content (AvgIpc) is 3.31. The smallest absolute Gasteiger partial charge is 0.220 e. The first-order valence-electron chi connectivity index (χ1n) is 28.4. The van der Waals surface area contributed by atoms with Crippen molar-refractivity contribution in [3.8, 4) is 0 Å². The Morgan fingerprint density at radius 2 is 0.846 bits per heavy atom. The quantitative estimate of drug-likeness (QED) is 0.0261. The largest absolute Gasteiger partial charge is 0.394 e. The number of aliphatic hydroxyl groups is 5. The van der Waals surface area contributed by atoms with Gasteiger partial charge in [0.25, 0.3) is 0 Å². The maximum atomic E-state index is 13.0. The number of amides is 1. The molecular formula is C56H109NO8. The van der Waals surface area contributed by atoms with E-state index in [-0.39, 0.29) is 12.5 Å². The zero-order chi connectivity index (χ0) is 47.3. The predicted molar refractivity (Wildman–Crippen MR) is 272 cm³/mol. The minimum Gasteiger partial charge on any atom is -0.394 e. The molecule has 1 rings (SSSR count). The first-order valence-corrected chi connectivity index (χ1v) is 28.4. The van der Waals surface area contributed by atoms with Gasteiger partial charge in [-0.25, -0.2) is 0 Å². The summed E-state index contributed by atoms with van der Waals surface area (Å²) in [6.07, 6.45) is 49.9. The molecular weight excluding hydrogens is 815 g/mol. The van der Waals surface area contributed by atoms with Crippen molar-refractivity contribution in [2.24, 2.45) is 0 Å². The molecule has 0 aromatic carbocycles. The molecule has 1 aliphatic rings. The summed E-state index contributed by atoms with van der Waals surface area (Å²) in [5.74, 6) is -0.170. The molecule has 65 heavy (non-hydrogen) atoms. The molecule has 0 spiro atoms. The lowest BCUT2D eigenvalue weighted by molar-refractivity contribution is -0.302. The summed E-state index contributed by atoms with van der Waals surface area (Å²) in [6, 6.07) is -0.800. The van der Waals surface area contributed by atoms with Gasteiger partial charge in [0.2, 0.25) is 5.91 Å². The molecule has 2 unspecified atom stereocenters. The van der Waals surface area contributed by atoms with Crippen LogP contribution in [0.1, 0.15) is 284 Å². The Kier molecular flexibility index (Phi) is 44.5. The van der Waals surface area contributed by atoms with Gasteiger partial charge in [0.05, 0.1) is 25.4 Å². The fourth-order valence-electron chi connectivity index (χ4n) is 9.34. The summed E-state index contributed by atoms with van der Waals surface area (Å²) in [5, 5.41) is 54.4. The second-order valence-corrected chi connectivity index (χ2v) is 20.1. The van der Waals surface area contributed by atoms with Crippen LogP contribution in [0.5, 0.6) is 0 Å². The van der Waals surface area contributed by atoms with Crippen molar-refractivity contribution in [1.82, 2.24) is 5.32 Å². The fourth-order valence-corrected chi connectivity index (χ4v) is 9.34. The van der Waals surface area contributed by atoms with Gasteiger partial charge >= 0.3 is 0 Å². The zero-order valence-corrected chi connectivity index (χ0v) is 42.8. The summed E-state index contributed by atoms with van der Waals surface area (Å²) in [5.41, 5.74) is 0. The Hall–Kier alpha value is -1.07. The van der Waals surface area contributed by atoms with Crippen LogP contribution in [0.3, 0.4) is 0 Å². The van der Waals surface area contributed by atoms with Crippen molar-refractivity contribution in [2.75, 3.05) is 13.2 Å². The number of nitrogens with one attached hydrogen (secondary N) is 1. The number of hydrogen-bond acceptors (Lipinski definition) is 8. The van der Waals surface area contributed by atoms with E-state index in [0.29, 0.717) is 6.42 Å². The van der Waals surface area contributed by atoms with Crippen molar-refractivity contribution in [3.05, 3.63) is 12.2 Å². The molecule has 0 radical (unpaired) electrons. The van der Waals surface area contributed by atoms with E-state index >= 15 is 0 Å². The van der Waals surface area contributed by atoms with Crippen LogP contribution >= 0.6 is 0 Å². The number of ether oxygens (including phenoxy) is 2. The molecule has 1 fully saturated rings. The topological polar surface area (TPSA) is 149 Å². The van der Waals surface area contributed by atoms with Gasteiger partial charge in [-0.1, -0.05) is 270 Å². The molecule has 7 atom stereocenters. The molecule has 1 amide bonds. The molecule has 6 N–H and O–H groups in total. The fraction of sp³-hybridized carbons (Fsp3) is 0.946. The van der Waals surface area contributed by atoms with Crippen LogP contribution in [-0.4, -0.2) is 87.5 Å². The number of carbonyl (C=O) groups excluding carboxylic acids is 1. The van der Waals surface area contributed by atoms with E-state index in [1.165, 1.54) is 225 Å². The second kappa shape index (κ2) is 46.6. The zero-order valence-electron chi connectivity index (χ0n) is 42.8. The third kappa shape index (κ3) is 36.6. The van der Waals surface area contributed by atoms with Crippen molar-refractivity contribution in [1.29, 1.82) is 0 Å². The van der Waals surface area contributed by atoms with Crippen LogP contribution in [0.25, 0.3) is 0 Å². The minimum atomic E-state index is -1.56. The van der Waals surface area contributed by atoms with E-state index in [4.69, 9.17) is 9.47 Å². The van der Waals surface area contributed by atoms with Crippen molar-refractivity contribution in [3.63, 3.8) is 0 Å². The number of hydrogen-bond donors (Lipinski definition) is 6. The van der Waals surface area contributed by atoms with E-state index in [1.807, 2.05) is 6.08 Å². The van der Waals surface area contributed by atoms with Gasteiger partial charge in [-0.3, -0.25) is 4.79 Å². The number of unbranched alkanes of at least 4 members (excludes halogenated alkanes) is 39. The Bertz CT molecular complexity index is 1030. The Balaban J connectivity index is 2.19. The molecule has 1 aliphatic heterocycles. The first-order chi connectivity index (χ1) is 31.8. The SMILES string of the molecule is CCCCCCCCCCCCCCCC/C=C/[C@@H](O)[C@H](CO[C@@H]1O[C@H](CO)[C@@H](O)C(O)C1O)NC(=O)CCCCCCCCCCCCCCCCCCCCCCCCCCCC. The van der Waals surface area contributed by atoms with E-state index in [9.17, 15) is 30.3 Å². The molecule has 0 aromatic rings. The van der Waals surface area contributed by atoms with Gasteiger partial charge in [0.1, 0.15) is 24.4 Å². The van der Waals surface area contributed by atoms with Crippen LogP contribution in [0.2, 0.25) is 0 Å². The summed E-state index contributed by atoms with van der Waals surface area (Å²) in [6.45, 7) is 3.81. The lowest BCUT2D eigenvalue weighted by atomic mass is 9.99. The monoisotopic (exact) mass is 924 g/mol. The summed E-state index contributed by atoms with van der Waals surface area (Å²) in [4.78, 5) is 13.0. The van der Waals surface area contributed by atoms with Crippen LogP contribution in [-0.2, 0) is 14.3 Å². The third-order valence-corrected chi connectivity index (χ3v) is 13.9. The molecule has 386 valence electrons. The Morgan fingerprint density at radius 3 is 1.20 bits per heavy atom. The molecule has 9 nitrogen and oxygen atoms in total. The van der Waals surface area contributed by atoms with Crippen LogP contribution in [0.4, 0.5) is 0 Å². The summed E-state index contributed by atoms with van der Waals surface area (Å²) < 4.78 is 11.3. The van der Waals surface area contributed by atoms with E-state index in [1.54, 1.807) is 6.08 Å². The summed E-state index contributed by atoms with van der Waals surface area (Å²) in [7, 11) is 0. The van der Waals surface area contributed by atoms with Gasteiger partial charge in [-0.15, -0.1) is 0 Å². The standard InChI is InChI=1S/C56H109NO8/c1-3-5-7-9-11-13-15-17-19-21-22-23-24-25-26-27-28-29-30-32-34-36-38-40-42-44-46-52(60)57-49(48-64-56-55(63)54(62)53(61)51(47-58)65-56)50(59)45-43-41-39-37-35-33-31-20-18-16-14-12-10-8-6-4-2/h43,45,49-51,53-56,58-59,61-63H,3-42,44,46-48H2,1-2H3,(H,57,60)/b45-43+/t49-,50+,51+,53+,54?,55?,56+/m0/s1. The average molecular weight is 924 g/mol. The number of carbonyl (C=O) groups is 1. The van der Waals surface area contributed by atoms with Crippen molar-refractivity contribution >= 4 is 5.91 Å². The second-order valence-electron chi connectivity index (χ2n) is 20.1. The number of rotatable bonds is 49. The Morgan fingerprint density at radius 1 is 0.508 bits per heavy atom. The molecule has 0 bridgehead atoms. The highest BCUT2D eigenvalue weighted by molar-refractivity contribution is 5.76. The molecule has 1 saturated heterocycles. The maximum Gasteiger partial charge on any atom is 0.220 e. The van der Waals surface area contributed by atoms with Gasteiger partial charge < -0.3 is 40.3 Å². The van der Waals surface area contributed by atoms with E-state index in [2.05, 4.69) is 19.2 Å². The van der Waals surface area contributed by atoms with Gasteiger partial charge in [0, 0.05) is 6.42 Å². The highest BCUT2D eigenvalue weighted by Gasteiger charge is 2.44. The molecule has 0 aliphatic carbocycles. The van der Waals surface area contributed by atoms with Crippen molar-refractivity contribution in [2.45, 2.75) is 326 Å². The van der Waals surface area contributed by atoms with E-state index < -0.39 is 49.5 Å². The van der Waals surface area contributed by atoms with Crippen LogP contribution in [0.15, 0.2) is 12.2 Å². The maximum absolute atomic E-state index is 13.0. The van der Waals surface area contributed by atoms with E-state index in [0.717, 1.165) is 38.5 Å². The predicted octanol–water partition coefficient (Wildman–Crippen LogP) is 13.6. The number of aliphatic hydroxyl groups excluding tert-OH is 5. The van der Waals surface area contributed by atoms with Crippen LogP contribution in [0, 0.1) is 0 Å². The normalized spacial score (nSPS) is 19.9. The molecule has 0 saturated carbocycles. The number of allylic oxidation sites excluding steroid dienone is 1. The molecule has 0 aromatic heterocycles. The first kappa shape index (κ1) is 61.9. The molecule has 1 heterocycles. The van der Waals surface area contributed by atoms with Crippen molar-refractivity contribution < 1.29 is 39.8 Å². The lowest BCUT2D eigenvalue weighted by Crippen LogP contribution is -2.60. The highest BCUT2D eigenvalue weighted by Crippen LogP contribution is 2.23. The molecule has 9 heteroatoms. The summed E-state index contributed by atoms with van der Waals surface area (Å²) >= 11 is 0. The highest BCUT2D eigenvalue weighted by atomic mass is 16.7. The van der Waals surface area contributed by atoms with Gasteiger partial charge in [-0.05, 0) is 19.3 Å². The minimum absolute atomic E-state index is 0.170. The van der Waals surface area contributed by atoms with Crippen LogP contribution < -0.4 is 5.32 Å². The lowest BCUT2D eigenvalue weighted by Gasteiger charge is -2.40. The van der Waals surface area contributed by atoms with Gasteiger partial charge in [0.15, 0.2) is 6.29 Å². The Labute approximate surface area is 401 Å².